The van der Waals surface area contributed by atoms with Crippen molar-refractivity contribution in [2.24, 2.45) is 29.1 Å². The van der Waals surface area contributed by atoms with Crippen molar-refractivity contribution in [3.8, 4) is 0 Å². The topological polar surface area (TPSA) is 118 Å². The molecule has 2 heterocycles. The highest BCUT2D eigenvalue weighted by atomic mass is 32.3. The summed E-state index contributed by atoms with van der Waals surface area (Å²) in [6.45, 7) is 5.95. The lowest BCUT2D eigenvalue weighted by Crippen LogP contribution is -2.55. The molecule has 2 aliphatic heterocycles. The summed E-state index contributed by atoms with van der Waals surface area (Å²) in [6, 6.07) is 0. The van der Waals surface area contributed by atoms with Crippen molar-refractivity contribution in [1.29, 1.82) is 0 Å². The second-order valence-corrected chi connectivity index (χ2v) is 15.1. The lowest BCUT2D eigenvalue weighted by molar-refractivity contribution is -0.134. The Morgan fingerprint density at radius 3 is 2.51 bits per heavy atom. The number of rotatable bonds is 12. The molecule has 1 saturated heterocycles. The number of carbonyl (C=O) groups is 3. The van der Waals surface area contributed by atoms with Crippen LogP contribution in [0.3, 0.4) is 0 Å². The number of aliphatic hydroxyl groups is 1. The van der Waals surface area contributed by atoms with Crippen LogP contribution < -0.4 is 0 Å². The van der Waals surface area contributed by atoms with Gasteiger partial charge < -0.3 is 28.8 Å². The van der Waals surface area contributed by atoms with Crippen LogP contribution in [-0.4, -0.2) is 93.8 Å². The Bertz CT molecular complexity index is 980. The Labute approximate surface area is 232 Å². The van der Waals surface area contributed by atoms with Crippen LogP contribution in [0, 0.1) is 29.1 Å². The number of ketones is 2. The number of ether oxygens (including phenoxy) is 5. The molecule has 0 bridgehead atoms. The van der Waals surface area contributed by atoms with Gasteiger partial charge in [0.1, 0.15) is 6.61 Å². The largest absolute Gasteiger partial charge is 0.508 e. The minimum absolute atomic E-state index is 0.0254. The Hall–Kier alpha value is -1.72. The van der Waals surface area contributed by atoms with Crippen LogP contribution in [0.15, 0.2) is 22.5 Å². The maximum Gasteiger partial charge on any atom is 0.508 e. The van der Waals surface area contributed by atoms with E-state index in [1.54, 1.807) is 19.3 Å². The molecule has 0 aromatic carbocycles. The fourth-order valence-corrected chi connectivity index (χ4v) is 11.7. The van der Waals surface area contributed by atoms with Gasteiger partial charge in [-0.1, -0.05) is 13.8 Å². The summed E-state index contributed by atoms with van der Waals surface area (Å²) in [5, 5.41) is 13.7. The zero-order chi connectivity index (χ0) is 28.2. The number of methoxy groups -OCH3 is 1. The first-order valence-electron chi connectivity index (χ1n) is 14.0. The SMILES string of the molecule is COCCOCCOCCOC(=O)OCC(=O)C1[C@H](C)CC2C3CCC4=CC(=O)C=CS4(C)C3C(O)CC21C. The Kier molecular flexibility index (Phi) is 9.96. The fourth-order valence-electron chi connectivity index (χ4n) is 7.86. The summed E-state index contributed by atoms with van der Waals surface area (Å²) in [7, 11) is 0.195. The zero-order valence-electron chi connectivity index (χ0n) is 23.6. The van der Waals surface area contributed by atoms with E-state index in [0.29, 0.717) is 44.7 Å². The van der Waals surface area contributed by atoms with E-state index in [0.717, 1.165) is 19.3 Å². The second kappa shape index (κ2) is 12.9. The molecular weight excluding hydrogens is 524 g/mol. The molecule has 0 aromatic rings. The molecule has 2 aliphatic carbocycles. The van der Waals surface area contributed by atoms with Crippen molar-refractivity contribution in [2.75, 3.05) is 59.6 Å². The summed E-state index contributed by atoms with van der Waals surface area (Å²) >= 11 is 0. The van der Waals surface area contributed by atoms with Crippen LogP contribution in [0.25, 0.3) is 0 Å². The Morgan fingerprint density at radius 1 is 1.10 bits per heavy atom. The average Bonchev–Trinajstić information content (AvgIpc) is 3.15. The van der Waals surface area contributed by atoms with Gasteiger partial charge in [-0.2, -0.15) is 10.0 Å². The van der Waals surface area contributed by atoms with Crippen LogP contribution in [0.1, 0.15) is 39.5 Å². The molecule has 0 radical (unpaired) electrons. The lowest BCUT2D eigenvalue weighted by atomic mass is 9.58. The summed E-state index contributed by atoms with van der Waals surface area (Å²) in [5.74, 6) is 0.353. The summed E-state index contributed by atoms with van der Waals surface area (Å²) in [6.07, 6.45) is 7.50. The Morgan fingerprint density at radius 2 is 1.79 bits per heavy atom. The van der Waals surface area contributed by atoms with E-state index in [-0.39, 0.29) is 53.9 Å². The number of fused-ring (bicyclic) bond motifs is 5. The highest BCUT2D eigenvalue weighted by Gasteiger charge is 2.63. The van der Waals surface area contributed by atoms with Crippen molar-refractivity contribution < 1.29 is 43.2 Å². The fraction of sp³-hybridized carbons (Fsp3) is 0.759. The van der Waals surface area contributed by atoms with E-state index in [2.05, 4.69) is 25.5 Å². The van der Waals surface area contributed by atoms with Crippen molar-refractivity contribution in [1.82, 2.24) is 0 Å². The van der Waals surface area contributed by atoms with Gasteiger partial charge >= 0.3 is 6.16 Å². The van der Waals surface area contributed by atoms with E-state index in [1.165, 1.54) is 4.91 Å². The molecule has 220 valence electrons. The molecule has 1 N–H and O–H groups in total. The molecular formula is C29H44O9S. The molecule has 4 rings (SSSR count). The number of hydrogen-bond acceptors (Lipinski definition) is 9. The normalized spacial score (nSPS) is 38.6. The molecule has 8 atom stereocenters. The monoisotopic (exact) mass is 568 g/mol. The predicted octanol–water partition coefficient (Wildman–Crippen LogP) is 3.62. The van der Waals surface area contributed by atoms with Crippen molar-refractivity contribution in [3.63, 3.8) is 0 Å². The van der Waals surface area contributed by atoms with Crippen molar-refractivity contribution >= 4 is 27.7 Å². The van der Waals surface area contributed by atoms with Crippen molar-refractivity contribution in [3.05, 3.63) is 22.5 Å². The first kappa shape index (κ1) is 30.2. The molecule has 0 amide bonds. The van der Waals surface area contributed by atoms with Gasteiger partial charge in [0.25, 0.3) is 0 Å². The second-order valence-electron chi connectivity index (χ2n) is 11.7. The first-order chi connectivity index (χ1) is 18.6. The summed E-state index contributed by atoms with van der Waals surface area (Å²) < 4.78 is 25.7. The van der Waals surface area contributed by atoms with Gasteiger partial charge in [0.2, 0.25) is 0 Å². The van der Waals surface area contributed by atoms with E-state index < -0.39 is 22.3 Å². The van der Waals surface area contributed by atoms with E-state index in [1.807, 2.05) is 0 Å². The van der Waals surface area contributed by atoms with Gasteiger partial charge in [-0.3, -0.25) is 9.59 Å². The maximum atomic E-state index is 13.4. The highest BCUT2D eigenvalue weighted by Crippen LogP contribution is 2.73. The van der Waals surface area contributed by atoms with E-state index in [9.17, 15) is 19.5 Å². The van der Waals surface area contributed by atoms with E-state index in [4.69, 9.17) is 23.7 Å². The van der Waals surface area contributed by atoms with Crippen LogP contribution in [0.2, 0.25) is 0 Å². The lowest BCUT2D eigenvalue weighted by Gasteiger charge is -2.60. The molecule has 2 saturated carbocycles. The molecule has 0 aromatic heterocycles. The number of allylic oxidation sites excluding steroid dienone is 3. The standard InChI is InChI=1S/C29H44O9S/c1-19-15-23-22-6-5-21-16-20(30)7-14-39(21,4)27(22)24(31)17-29(23,2)26(19)25(32)18-38-28(33)37-13-12-36-11-10-35-9-8-34-3/h7,14,16,19,22-24,26-27,31H,5-6,8-13,15,17-18H2,1-4H3/t19-,22?,23?,24?,26?,27?,29?/m1/s1. The van der Waals surface area contributed by atoms with E-state index >= 15 is 0 Å². The minimum atomic E-state index is -1.41. The minimum Gasteiger partial charge on any atom is -0.432 e. The zero-order valence-corrected chi connectivity index (χ0v) is 24.4. The van der Waals surface area contributed by atoms with Crippen LogP contribution in [0.4, 0.5) is 4.79 Å². The summed E-state index contributed by atoms with van der Waals surface area (Å²) in [4.78, 5) is 38.7. The van der Waals surface area contributed by atoms with Gasteiger partial charge in [0, 0.05) is 18.3 Å². The number of Topliss-reactive ketones (excluding diaryl/α,β-unsaturated/α-hetero) is 1. The molecule has 39 heavy (non-hydrogen) atoms. The van der Waals surface area contributed by atoms with Gasteiger partial charge in [-0.25, -0.2) is 4.79 Å². The molecule has 10 heteroatoms. The van der Waals surface area contributed by atoms with Crippen LogP contribution in [-0.2, 0) is 33.3 Å². The third-order valence-corrected chi connectivity index (χ3v) is 13.3. The number of hydrogen-bond donors (Lipinski definition) is 1. The predicted molar refractivity (Wildman–Crippen MR) is 148 cm³/mol. The van der Waals surface area contributed by atoms with Crippen LogP contribution in [0.5, 0.6) is 0 Å². The quantitative estimate of drug-likeness (QED) is 0.278. The van der Waals surface area contributed by atoms with Gasteiger partial charge in [0.05, 0.1) is 39.1 Å². The molecule has 7 unspecified atom stereocenters. The van der Waals surface area contributed by atoms with Crippen molar-refractivity contribution in [2.45, 2.75) is 50.9 Å². The smallest absolute Gasteiger partial charge is 0.432 e. The van der Waals surface area contributed by atoms with Gasteiger partial charge in [-0.15, -0.1) is 0 Å². The molecule has 3 fully saturated rings. The molecule has 0 spiro atoms. The first-order valence-corrected chi connectivity index (χ1v) is 16.1. The number of aliphatic hydroxyl groups excluding tert-OH is 1. The highest BCUT2D eigenvalue weighted by molar-refractivity contribution is 8.39. The average molecular weight is 569 g/mol. The molecule has 4 aliphatic rings. The maximum absolute atomic E-state index is 13.4. The third-order valence-electron chi connectivity index (χ3n) is 9.32. The Balaban J connectivity index is 1.29. The van der Waals surface area contributed by atoms with Crippen LogP contribution >= 0.6 is 10.0 Å². The number of carbonyl (C=O) groups excluding carboxylic acids is 3. The third kappa shape index (κ3) is 6.30. The molecule has 9 nitrogen and oxygen atoms in total. The summed E-state index contributed by atoms with van der Waals surface area (Å²) in [5.41, 5.74) is -0.366. The van der Waals surface area contributed by atoms with Gasteiger partial charge in [-0.05, 0) is 77.6 Å². The van der Waals surface area contributed by atoms with Gasteiger partial charge in [0.15, 0.2) is 18.2 Å².